The molecule has 0 aromatic heterocycles. The minimum Gasteiger partial charge on any atom is -0.376 e. The van der Waals surface area contributed by atoms with Gasteiger partial charge in [0.05, 0.1) is 13.2 Å². The lowest BCUT2D eigenvalue weighted by molar-refractivity contribution is -0.0500. The molecule has 0 saturated carbocycles. The van der Waals surface area contributed by atoms with Crippen LogP contribution in [-0.4, -0.2) is 20.5 Å². The Morgan fingerprint density at radius 1 is 1.28 bits per heavy atom. The third-order valence-corrected chi connectivity index (χ3v) is 3.44. The monoisotopic (exact) mass is 282 g/mol. The van der Waals surface area contributed by atoms with E-state index in [2.05, 4.69) is 4.18 Å². The number of hydrogen-bond acceptors (Lipinski definition) is 4. The molecule has 1 aliphatic rings. The van der Waals surface area contributed by atoms with Crippen LogP contribution in [0.2, 0.25) is 0 Å². The van der Waals surface area contributed by atoms with Gasteiger partial charge in [0.2, 0.25) is 0 Å². The molecule has 0 radical (unpaired) electrons. The van der Waals surface area contributed by atoms with E-state index >= 15 is 0 Å². The van der Waals surface area contributed by atoms with E-state index in [9.17, 15) is 21.6 Å². The Bertz CT molecular complexity index is 551. The summed E-state index contributed by atoms with van der Waals surface area (Å²) in [4.78, 5) is 0. The number of rotatable bonds is 2. The van der Waals surface area contributed by atoms with Crippen molar-refractivity contribution in [3.63, 3.8) is 0 Å². The fraction of sp³-hybridized carbons (Fsp3) is 0.400. The summed E-state index contributed by atoms with van der Waals surface area (Å²) in [5.41, 5.74) is -4.36. The van der Waals surface area contributed by atoms with Gasteiger partial charge in [0, 0.05) is 5.56 Å². The summed E-state index contributed by atoms with van der Waals surface area (Å²) in [7, 11) is -5.64. The van der Waals surface area contributed by atoms with Gasteiger partial charge in [-0.1, -0.05) is 12.1 Å². The Hall–Kier alpha value is -1.28. The van der Waals surface area contributed by atoms with Gasteiger partial charge >= 0.3 is 15.6 Å². The maximum atomic E-state index is 12.2. The number of benzene rings is 1. The number of alkyl halides is 3. The van der Waals surface area contributed by atoms with Crippen LogP contribution in [0.15, 0.2) is 18.2 Å². The third kappa shape index (κ3) is 2.44. The number of ether oxygens (including phenoxy) is 1. The van der Waals surface area contributed by atoms with Crippen LogP contribution in [0, 0.1) is 0 Å². The highest BCUT2D eigenvalue weighted by Crippen LogP contribution is 2.32. The zero-order valence-electron chi connectivity index (χ0n) is 9.03. The Balaban J connectivity index is 2.36. The van der Waals surface area contributed by atoms with Crippen LogP contribution < -0.4 is 4.18 Å². The molecule has 0 atom stereocenters. The summed E-state index contributed by atoms with van der Waals surface area (Å²) in [5, 5.41) is 0. The van der Waals surface area contributed by atoms with Gasteiger partial charge < -0.3 is 8.92 Å². The van der Waals surface area contributed by atoms with E-state index in [1.165, 1.54) is 12.1 Å². The topological polar surface area (TPSA) is 52.6 Å². The number of fused-ring (bicyclic) bond motifs is 1. The maximum absolute atomic E-state index is 12.2. The number of halogens is 3. The van der Waals surface area contributed by atoms with Crippen molar-refractivity contribution in [1.29, 1.82) is 0 Å². The molecular weight excluding hydrogens is 273 g/mol. The summed E-state index contributed by atoms with van der Waals surface area (Å²) in [6.07, 6.45) is 0.512. The van der Waals surface area contributed by atoms with Gasteiger partial charge in [-0.15, -0.1) is 0 Å². The molecule has 0 unspecified atom stereocenters. The lowest BCUT2D eigenvalue weighted by atomic mass is 10.0. The van der Waals surface area contributed by atoms with E-state index in [-0.39, 0.29) is 12.4 Å². The molecule has 0 fully saturated rings. The summed E-state index contributed by atoms with van der Waals surface area (Å²) in [6.45, 7) is 0.487. The minimum atomic E-state index is -5.64. The molecule has 1 aromatic rings. The smallest absolute Gasteiger partial charge is 0.376 e. The highest BCUT2D eigenvalue weighted by molar-refractivity contribution is 7.88. The van der Waals surface area contributed by atoms with Gasteiger partial charge in [-0.3, -0.25) is 0 Å². The largest absolute Gasteiger partial charge is 0.534 e. The fourth-order valence-corrected chi connectivity index (χ4v) is 2.10. The van der Waals surface area contributed by atoms with Gasteiger partial charge in [0.1, 0.15) is 5.75 Å². The highest BCUT2D eigenvalue weighted by atomic mass is 32.2. The third-order valence-electron chi connectivity index (χ3n) is 2.48. The second-order valence-corrected chi connectivity index (χ2v) is 5.22. The number of hydrogen-bond donors (Lipinski definition) is 0. The molecule has 2 rings (SSSR count). The lowest BCUT2D eigenvalue weighted by Crippen LogP contribution is -2.28. The van der Waals surface area contributed by atoms with Crippen LogP contribution >= 0.6 is 0 Å². The summed E-state index contributed by atoms with van der Waals surface area (Å²) < 4.78 is 67.7. The molecule has 1 aromatic carbocycles. The molecule has 0 saturated heterocycles. The SMILES string of the molecule is O=S(=O)(Oc1cccc2c1COCC2)C(F)(F)F. The van der Waals surface area contributed by atoms with Crippen molar-refractivity contribution in [1.82, 2.24) is 0 Å². The van der Waals surface area contributed by atoms with E-state index in [1.54, 1.807) is 6.07 Å². The highest BCUT2D eigenvalue weighted by Gasteiger charge is 2.48. The summed E-state index contributed by atoms with van der Waals surface area (Å²) in [5.74, 6) is -0.329. The van der Waals surface area contributed by atoms with Crippen LogP contribution in [0.25, 0.3) is 0 Å². The maximum Gasteiger partial charge on any atom is 0.534 e. The summed E-state index contributed by atoms with van der Waals surface area (Å²) >= 11 is 0. The average Bonchev–Trinajstić information content (AvgIpc) is 2.27. The van der Waals surface area contributed by atoms with Crippen molar-refractivity contribution in [3.05, 3.63) is 29.3 Å². The van der Waals surface area contributed by atoms with Crippen molar-refractivity contribution < 1.29 is 30.5 Å². The molecule has 0 amide bonds. The first-order valence-corrected chi connectivity index (χ1v) is 6.41. The van der Waals surface area contributed by atoms with E-state index in [0.717, 1.165) is 5.56 Å². The molecule has 0 aliphatic carbocycles. The van der Waals surface area contributed by atoms with Gasteiger partial charge in [0.25, 0.3) is 0 Å². The molecule has 0 bridgehead atoms. The summed E-state index contributed by atoms with van der Waals surface area (Å²) in [6, 6.07) is 4.33. The van der Waals surface area contributed by atoms with E-state index in [1.807, 2.05) is 0 Å². The first kappa shape index (κ1) is 13.2. The Morgan fingerprint density at radius 2 is 2.00 bits per heavy atom. The van der Waals surface area contributed by atoms with E-state index < -0.39 is 15.6 Å². The molecule has 0 N–H and O–H groups in total. The molecule has 1 aliphatic heterocycles. The molecule has 8 heteroatoms. The normalized spacial score (nSPS) is 16.2. The quantitative estimate of drug-likeness (QED) is 0.615. The van der Waals surface area contributed by atoms with Crippen LogP contribution in [0.3, 0.4) is 0 Å². The van der Waals surface area contributed by atoms with Crippen molar-refractivity contribution in [2.75, 3.05) is 6.61 Å². The molecule has 0 spiro atoms. The average molecular weight is 282 g/mol. The van der Waals surface area contributed by atoms with Gasteiger partial charge in [-0.2, -0.15) is 21.6 Å². The van der Waals surface area contributed by atoms with Crippen LogP contribution in [0.1, 0.15) is 11.1 Å². The van der Waals surface area contributed by atoms with Crippen LogP contribution in [-0.2, 0) is 27.9 Å². The van der Waals surface area contributed by atoms with Gasteiger partial charge in [-0.05, 0) is 18.1 Å². The molecule has 1 heterocycles. The second kappa shape index (κ2) is 4.43. The predicted octanol–water partition coefficient (Wildman–Crippen LogP) is 1.99. The van der Waals surface area contributed by atoms with E-state index in [4.69, 9.17) is 4.74 Å². The van der Waals surface area contributed by atoms with Gasteiger partial charge in [0.15, 0.2) is 0 Å². The molecular formula is C10H9F3O4S. The van der Waals surface area contributed by atoms with Gasteiger partial charge in [-0.25, -0.2) is 0 Å². The van der Waals surface area contributed by atoms with Crippen LogP contribution in [0.4, 0.5) is 13.2 Å². The predicted molar refractivity (Wildman–Crippen MR) is 55.4 cm³/mol. The molecule has 100 valence electrons. The zero-order valence-corrected chi connectivity index (χ0v) is 9.85. The molecule has 4 nitrogen and oxygen atoms in total. The Labute approximate surface area is 101 Å². The zero-order chi connectivity index (χ0) is 13.4. The Kier molecular flexibility index (Phi) is 3.24. The standard InChI is InChI=1S/C10H9F3O4S/c11-10(12,13)18(14,15)17-9-3-1-2-7-4-5-16-6-8(7)9/h1-3H,4-6H2. The van der Waals surface area contributed by atoms with Crippen molar-refractivity contribution in [2.24, 2.45) is 0 Å². The lowest BCUT2D eigenvalue weighted by Gasteiger charge is -2.19. The molecule has 18 heavy (non-hydrogen) atoms. The van der Waals surface area contributed by atoms with Crippen molar-refractivity contribution in [2.45, 2.75) is 18.5 Å². The van der Waals surface area contributed by atoms with Crippen LogP contribution in [0.5, 0.6) is 5.75 Å². The first-order chi connectivity index (χ1) is 8.31. The van der Waals surface area contributed by atoms with Crippen molar-refractivity contribution in [3.8, 4) is 5.75 Å². The van der Waals surface area contributed by atoms with E-state index in [0.29, 0.717) is 18.6 Å². The van der Waals surface area contributed by atoms with Crippen molar-refractivity contribution >= 4 is 10.1 Å². The minimum absolute atomic E-state index is 0.0406. The fourth-order valence-electron chi connectivity index (χ4n) is 1.61. The second-order valence-electron chi connectivity index (χ2n) is 3.68. The first-order valence-electron chi connectivity index (χ1n) is 5.00. The Morgan fingerprint density at radius 3 is 2.67 bits per heavy atom.